The van der Waals surface area contributed by atoms with Crippen molar-refractivity contribution in [1.82, 2.24) is 5.43 Å². The Morgan fingerprint density at radius 1 is 1.14 bits per heavy atom. The molecule has 2 amide bonds. The van der Waals surface area contributed by atoms with Gasteiger partial charge in [0.25, 0.3) is 0 Å². The van der Waals surface area contributed by atoms with E-state index in [1.54, 1.807) is 30.3 Å². The third-order valence-corrected chi connectivity index (χ3v) is 7.33. The zero-order valence-electron chi connectivity index (χ0n) is 19.3. The summed E-state index contributed by atoms with van der Waals surface area (Å²) < 4.78 is 6.25. The second-order valence-corrected chi connectivity index (χ2v) is 10.1. The average Bonchev–Trinajstić information content (AvgIpc) is 3.22. The van der Waals surface area contributed by atoms with Gasteiger partial charge >= 0.3 is 17.8 Å². The van der Waals surface area contributed by atoms with Crippen molar-refractivity contribution < 1.29 is 19.1 Å². The van der Waals surface area contributed by atoms with E-state index in [9.17, 15) is 19.6 Å². The van der Waals surface area contributed by atoms with Crippen molar-refractivity contribution in [2.45, 2.75) is 32.6 Å². The van der Waals surface area contributed by atoms with Crippen LogP contribution in [0.3, 0.4) is 0 Å². The molecule has 0 radical (unpaired) electrons. The number of nitrogens with one attached hydrogen (secondary N) is 2. The number of carbonyl (C=O) groups is 3. The molecule has 10 heteroatoms. The molecular weight excluding hydrogens is 544 g/mol. The first kappa shape index (κ1) is 25.3. The van der Waals surface area contributed by atoms with E-state index in [1.807, 2.05) is 19.1 Å². The van der Waals surface area contributed by atoms with Gasteiger partial charge in [0.15, 0.2) is 0 Å². The highest BCUT2D eigenvalue weighted by atomic mass is 79.9. The minimum atomic E-state index is -0.991. The highest BCUT2D eigenvalue weighted by Gasteiger charge is 2.23. The third kappa shape index (κ3) is 5.70. The number of anilines is 1. The number of rotatable bonds is 5. The normalized spacial score (nSPS) is 12.5. The van der Waals surface area contributed by atoms with Gasteiger partial charge in [0.1, 0.15) is 16.8 Å². The molecule has 1 aromatic heterocycles. The summed E-state index contributed by atoms with van der Waals surface area (Å²) >= 11 is 4.69. The maximum absolute atomic E-state index is 12.6. The fourth-order valence-corrected chi connectivity index (χ4v) is 5.43. The van der Waals surface area contributed by atoms with Gasteiger partial charge in [0, 0.05) is 14.9 Å². The number of ether oxygens (including phenoxy) is 1. The highest BCUT2D eigenvalue weighted by Crippen LogP contribution is 2.37. The summed E-state index contributed by atoms with van der Waals surface area (Å²) in [6.07, 6.45) is 4.98. The molecular formula is C26H21BrN4O4S. The van der Waals surface area contributed by atoms with Crippen LogP contribution in [0.4, 0.5) is 5.00 Å². The summed E-state index contributed by atoms with van der Waals surface area (Å²) in [5.74, 6) is -2.21. The van der Waals surface area contributed by atoms with E-state index < -0.39 is 17.8 Å². The summed E-state index contributed by atoms with van der Waals surface area (Å²) in [5, 5.41) is 16.3. The van der Waals surface area contributed by atoms with Gasteiger partial charge in [-0.1, -0.05) is 34.1 Å². The quantitative estimate of drug-likeness (QED) is 0.150. The molecule has 36 heavy (non-hydrogen) atoms. The van der Waals surface area contributed by atoms with Crippen LogP contribution < -0.4 is 15.5 Å². The molecule has 0 saturated heterocycles. The van der Waals surface area contributed by atoms with Gasteiger partial charge in [-0.05, 0) is 68.0 Å². The lowest BCUT2D eigenvalue weighted by molar-refractivity contribution is -0.136. The summed E-state index contributed by atoms with van der Waals surface area (Å²) in [6.45, 7) is 1.81. The van der Waals surface area contributed by atoms with Gasteiger partial charge in [0.05, 0.1) is 17.3 Å². The maximum Gasteiger partial charge on any atom is 0.343 e. The van der Waals surface area contributed by atoms with Crippen LogP contribution in [0.25, 0.3) is 0 Å². The second-order valence-electron chi connectivity index (χ2n) is 8.07. The number of nitriles is 1. The van der Waals surface area contributed by atoms with Crippen LogP contribution in [0.2, 0.25) is 0 Å². The molecule has 0 saturated carbocycles. The predicted octanol–water partition coefficient (Wildman–Crippen LogP) is 4.88. The highest BCUT2D eigenvalue weighted by molar-refractivity contribution is 9.10. The molecule has 1 aliphatic rings. The maximum atomic E-state index is 12.6. The topological polar surface area (TPSA) is 121 Å². The van der Waals surface area contributed by atoms with Crippen molar-refractivity contribution in [2.75, 3.05) is 5.32 Å². The fraction of sp³-hybridized carbons (Fsp3) is 0.192. The summed E-state index contributed by atoms with van der Waals surface area (Å²) in [6, 6.07) is 14.2. The molecule has 0 atom stereocenters. The average molecular weight is 565 g/mol. The zero-order valence-corrected chi connectivity index (χ0v) is 21.7. The van der Waals surface area contributed by atoms with E-state index in [2.05, 4.69) is 37.8 Å². The number of benzene rings is 2. The van der Waals surface area contributed by atoms with E-state index in [0.717, 1.165) is 41.7 Å². The summed E-state index contributed by atoms with van der Waals surface area (Å²) in [7, 11) is 0. The smallest absolute Gasteiger partial charge is 0.343 e. The molecule has 2 aromatic carbocycles. The standard InChI is InChI=1S/C26H21BrN4O4S/c1-15-6-2-3-7-18(15)26(34)35-21-11-10-17(27)12-16(21)14-29-31-24(33)23(32)30-25-20(13-28)19-8-4-5-9-22(19)36-25/h2-3,6-7,10-12,14H,4-5,8-9H2,1H3,(H,30,32)(H,31,33)/b29-14+. The Hall–Kier alpha value is -3.81. The lowest BCUT2D eigenvalue weighted by Gasteiger charge is -2.09. The van der Waals surface area contributed by atoms with Crippen molar-refractivity contribution in [3.8, 4) is 11.8 Å². The zero-order chi connectivity index (χ0) is 25.7. The van der Waals surface area contributed by atoms with E-state index in [4.69, 9.17) is 4.74 Å². The van der Waals surface area contributed by atoms with Crippen LogP contribution in [0, 0.1) is 18.3 Å². The number of esters is 1. The monoisotopic (exact) mass is 564 g/mol. The lowest BCUT2D eigenvalue weighted by atomic mass is 9.96. The van der Waals surface area contributed by atoms with Crippen LogP contribution in [-0.2, 0) is 22.4 Å². The largest absolute Gasteiger partial charge is 0.422 e. The van der Waals surface area contributed by atoms with Crippen LogP contribution >= 0.6 is 27.3 Å². The summed E-state index contributed by atoms with van der Waals surface area (Å²) in [5.41, 5.74) is 5.18. The molecule has 0 bridgehead atoms. The minimum absolute atomic E-state index is 0.233. The third-order valence-electron chi connectivity index (χ3n) is 5.63. The van der Waals surface area contributed by atoms with E-state index in [0.29, 0.717) is 26.2 Å². The molecule has 0 fully saturated rings. The first-order valence-electron chi connectivity index (χ1n) is 11.1. The van der Waals surface area contributed by atoms with Gasteiger partial charge in [-0.3, -0.25) is 9.59 Å². The molecule has 2 N–H and O–H groups in total. The number of halogens is 1. The second kappa shape index (κ2) is 11.3. The Balaban J connectivity index is 1.43. The molecule has 0 aliphatic heterocycles. The molecule has 182 valence electrons. The number of hydrazone groups is 1. The van der Waals surface area contributed by atoms with E-state index >= 15 is 0 Å². The first-order chi connectivity index (χ1) is 17.4. The Bertz CT molecular complexity index is 1420. The minimum Gasteiger partial charge on any atom is -0.422 e. The van der Waals surface area contributed by atoms with E-state index in [-0.39, 0.29) is 5.75 Å². The van der Waals surface area contributed by atoms with Gasteiger partial charge in [-0.15, -0.1) is 11.3 Å². The molecule has 0 unspecified atom stereocenters. The number of thiophene rings is 1. The number of hydrogen-bond acceptors (Lipinski definition) is 7. The SMILES string of the molecule is Cc1ccccc1C(=O)Oc1ccc(Br)cc1/C=N/NC(=O)C(=O)Nc1sc2c(c1C#N)CCCC2. The summed E-state index contributed by atoms with van der Waals surface area (Å²) in [4.78, 5) is 38.4. The molecule has 3 aromatic rings. The van der Waals surface area contributed by atoms with Gasteiger partial charge in [-0.2, -0.15) is 10.4 Å². The van der Waals surface area contributed by atoms with Crippen molar-refractivity contribution in [3.63, 3.8) is 0 Å². The van der Waals surface area contributed by atoms with Crippen molar-refractivity contribution in [2.24, 2.45) is 5.10 Å². The van der Waals surface area contributed by atoms with Gasteiger partial charge < -0.3 is 10.1 Å². The van der Waals surface area contributed by atoms with Gasteiger partial charge in [0.2, 0.25) is 0 Å². The Labute approximate surface area is 220 Å². The van der Waals surface area contributed by atoms with Crippen molar-refractivity contribution in [3.05, 3.63) is 79.6 Å². The Kier molecular flexibility index (Phi) is 7.93. The number of nitrogens with zero attached hydrogens (tertiary/aromatic N) is 2. The molecule has 0 spiro atoms. The molecule has 4 rings (SSSR count). The molecule has 1 aliphatic carbocycles. The number of amides is 2. The van der Waals surface area contributed by atoms with Crippen LogP contribution in [0.5, 0.6) is 5.75 Å². The molecule has 1 heterocycles. The number of aryl methyl sites for hydroxylation is 2. The fourth-order valence-electron chi connectivity index (χ4n) is 3.81. The van der Waals surface area contributed by atoms with Crippen LogP contribution in [0.1, 0.15) is 50.3 Å². The number of carbonyl (C=O) groups excluding carboxylic acids is 3. The number of fused-ring (bicyclic) bond motifs is 1. The predicted molar refractivity (Wildman–Crippen MR) is 140 cm³/mol. The van der Waals surface area contributed by atoms with Crippen molar-refractivity contribution >= 4 is 56.3 Å². The molecule has 8 nitrogen and oxygen atoms in total. The van der Waals surface area contributed by atoms with E-state index in [1.165, 1.54) is 17.6 Å². The number of hydrogen-bond donors (Lipinski definition) is 2. The van der Waals surface area contributed by atoms with Crippen LogP contribution in [-0.4, -0.2) is 24.0 Å². The Morgan fingerprint density at radius 2 is 1.92 bits per heavy atom. The lowest BCUT2D eigenvalue weighted by Crippen LogP contribution is -2.32. The Morgan fingerprint density at radius 3 is 2.69 bits per heavy atom. The first-order valence-corrected chi connectivity index (χ1v) is 12.7. The van der Waals surface area contributed by atoms with Gasteiger partial charge in [-0.25, -0.2) is 10.2 Å². The van der Waals surface area contributed by atoms with Crippen LogP contribution in [0.15, 0.2) is 52.0 Å². The van der Waals surface area contributed by atoms with Crippen molar-refractivity contribution in [1.29, 1.82) is 5.26 Å².